The number of carbonyl (C=O) groups excluding carboxylic acids is 1. The minimum Gasteiger partial charge on any atom is -0.347 e. The number of rotatable bonds is 3. The minimum absolute atomic E-state index is 0.149. The van der Waals surface area contributed by atoms with Gasteiger partial charge in [-0.2, -0.15) is 0 Å². The Labute approximate surface area is 94.1 Å². The SMILES string of the molecule is O=C(NCc1cnc[nH]1)c1c[nH]c(=O)[nH]c1=O. The summed E-state index contributed by atoms with van der Waals surface area (Å²) in [6.07, 6.45) is 4.11. The zero-order valence-corrected chi connectivity index (χ0v) is 8.61. The van der Waals surface area contributed by atoms with Crippen molar-refractivity contribution in [1.82, 2.24) is 25.3 Å². The lowest BCUT2D eigenvalue weighted by molar-refractivity contribution is 0.0948. The molecule has 8 nitrogen and oxygen atoms in total. The lowest BCUT2D eigenvalue weighted by atomic mass is 10.3. The molecule has 2 aromatic heterocycles. The van der Waals surface area contributed by atoms with Crippen LogP contribution >= 0.6 is 0 Å². The molecule has 2 aromatic rings. The van der Waals surface area contributed by atoms with E-state index in [2.05, 4.69) is 20.3 Å². The van der Waals surface area contributed by atoms with Crippen molar-refractivity contribution < 1.29 is 4.79 Å². The summed E-state index contributed by atoms with van der Waals surface area (Å²) in [7, 11) is 0. The van der Waals surface area contributed by atoms with E-state index in [4.69, 9.17) is 0 Å². The molecule has 0 aromatic carbocycles. The number of hydrogen-bond acceptors (Lipinski definition) is 4. The first-order valence-corrected chi connectivity index (χ1v) is 4.74. The summed E-state index contributed by atoms with van der Waals surface area (Å²) in [5.41, 5.74) is -0.820. The van der Waals surface area contributed by atoms with Crippen molar-refractivity contribution in [3.63, 3.8) is 0 Å². The van der Waals surface area contributed by atoms with Crippen LogP contribution in [0.25, 0.3) is 0 Å². The van der Waals surface area contributed by atoms with E-state index in [1.165, 1.54) is 6.33 Å². The third-order valence-corrected chi connectivity index (χ3v) is 2.06. The van der Waals surface area contributed by atoms with Gasteiger partial charge >= 0.3 is 5.69 Å². The number of amides is 1. The first kappa shape index (κ1) is 10.9. The molecule has 2 rings (SSSR count). The van der Waals surface area contributed by atoms with Gasteiger partial charge in [-0.15, -0.1) is 0 Å². The van der Waals surface area contributed by atoms with Crippen molar-refractivity contribution in [1.29, 1.82) is 0 Å². The van der Waals surface area contributed by atoms with Crippen LogP contribution in [-0.2, 0) is 6.54 Å². The van der Waals surface area contributed by atoms with Crippen molar-refractivity contribution in [3.8, 4) is 0 Å². The van der Waals surface area contributed by atoms with Crippen LogP contribution in [0.2, 0.25) is 0 Å². The molecule has 0 aliphatic heterocycles. The Morgan fingerprint density at radius 2 is 2.18 bits per heavy atom. The van der Waals surface area contributed by atoms with Crippen LogP contribution in [0.1, 0.15) is 16.1 Å². The van der Waals surface area contributed by atoms with Gasteiger partial charge < -0.3 is 15.3 Å². The molecule has 0 spiro atoms. The molecule has 0 bridgehead atoms. The summed E-state index contributed by atoms with van der Waals surface area (Å²) in [6, 6.07) is 0. The van der Waals surface area contributed by atoms with Crippen LogP contribution in [-0.4, -0.2) is 25.8 Å². The molecule has 0 saturated heterocycles. The van der Waals surface area contributed by atoms with E-state index in [0.29, 0.717) is 5.69 Å². The van der Waals surface area contributed by atoms with Crippen molar-refractivity contribution in [2.24, 2.45) is 0 Å². The van der Waals surface area contributed by atoms with E-state index < -0.39 is 17.2 Å². The van der Waals surface area contributed by atoms with Gasteiger partial charge in [0.2, 0.25) is 0 Å². The molecule has 0 aliphatic carbocycles. The van der Waals surface area contributed by atoms with E-state index in [0.717, 1.165) is 6.20 Å². The van der Waals surface area contributed by atoms with Gasteiger partial charge in [-0.3, -0.25) is 14.6 Å². The molecule has 17 heavy (non-hydrogen) atoms. The lowest BCUT2D eigenvalue weighted by Gasteiger charge is -2.01. The summed E-state index contributed by atoms with van der Waals surface area (Å²) in [5, 5.41) is 2.51. The number of nitrogens with zero attached hydrogens (tertiary/aromatic N) is 1. The van der Waals surface area contributed by atoms with Crippen LogP contribution in [0.15, 0.2) is 28.3 Å². The van der Waals surface area contributed by atoms with E-state index in [1.807, 2.05) is 4.98 Å². The third kappa shape index (κ3) is 2.48. The van der Waals surface area contributed by atoms with Gasteiger partial charge in [0.25, 0.3) is 11.5 Å². The average Bonchev–Trinajstić information content (AvgIpc) is 2.78. The number of nitrogens with one attached hydrogen (secondary N) is 4. The number of aromatic amines is 3. The predicted octanol–water partition coefficient (Wildman–Crippen LogP) is -1.28. The van der Waals surface area contributed by atoms with Gasteiger partial charge in [-0.1, -0.05) is 0 Å². The second-order valence-electron chi connectivity index (χ2n) is 3.25. The first-order chi connectivity index (χ1) is 8.16. The largest absolute Gasteiger partial charge is 0.347 e. The van der Waals surface area contributed by atoms with Gasteiger partial charge in [-0.25, -0.2) is 9.78 Å². The van der Waals surface area contributed by atoms with Crippen molar-refractivity contribution >= 4 is 5.91 Å². The second-order valence-corrected chi connectivity index (χ2v) is 3.25. The maximum absolute atomic E-state index is 11.6. The number of hydrogen-bond donors (Lipinski definition) is 4. The number of aromatic nitrogens is 4. The quantitative estimate of drug-likeness (QED) is 0.528. The Morgan fingerprint density at radius 1 is 1.35 bits per heavy atom. The van der Waals surface area contributed by atoms with Crippen molar-refractivity contribution in [2.75, 3.05) is 0 Å². The smallest absolute Gasteiger partial charge is 0.325 e. The standard InChI is InChI=1S/C9H9N5O3/c15-7(11-2-5-1-10-4-13-5)6-3-12-9(17)14-8(6)16/h1,3-4H,2H2,(H,10,13)(H,11,15)(H2,12,14,16,17). The molecule has 4 N–H and O–H groups in total. The van der Waals surface area contributed by atoms with E-state index in [1.54, 1.807) is 6.20 Å². The molecule has 0 saturated carbocycles. The molecule has 0 unspecified atom stereocenters. The zero-order chi connectivity index (χ0) is 12.3. The molecule has 1 amide bonds. The van der Waals surface area contributed by atoms with Gasteiger partial charge in [-0.05, 0) is 0 Å². The highest BCUT2D eigenvalue weighted by atomic mass is 16.2. The van der Waals surface area contributed by atoms with E-state index in [9.17, 15) is 14.4 Å². The summed E-state index contributed by atoms with van der Waals surface area (Å²) in [5.74, 6) is -0.572. The molecule has 0 radical (unpaired) electrons. The fourth-order valence-electron chi connectivity index (χ4n) is 1.23. The van der Waals surface area contributed by atoms with Gasteiger partial charge in [0.1, 0.15) is 5.56 Å². The average molecular weight is 235 g/mol. The fourth-order valence-corrected chi connectivity index (χ4v) is 1.23. The van der Waals surface area contributed by atoms with Crippen LogP contribution < -0.4 is 16.6 Å². The molecule has 0 aliphatic rings. The Morgan fingerprint density at radius 3 is 2.82 bits per heavy atom. The number of carbonyl (C=O) groups is 1. The van der Waals surface area contributed by atoms with E-state index in [-0.39, 0.29) is 12.1 Å². The molecular formula is C9H9N5O3. The predicted molar refractivity (Wildman–Crippen MR) is 57.4 cm³/mol. The van der Waals surface area contributed by atoms with Crippen LogP contribution in [0.3, 0.4) is 0 Å². The Hall–Kier alpha value is -2.64. The third-order valence-electron chi connectivity index (χ3n) is 2.06. The molecule has 88 valence electrons. The monoisotopic (exact) mass is 235 g/mol. The van der Waals surface area contributed by atoms with Crippen LogP contribution in [0, 0.1) is 0 Å². The Kier molecular flexibility index (Phi) is 2.86. The minimum atomic E-state index is -0.726. The van der Waals surface area contributed by atoms with Crippen molar-refractivity contribution in [3.05, 3.63) is 50.8 Å². The highest BCUT2D eigenvalue weighted by Crippen LogP contribution is 1.91. The summed E-state index contributed by atoms with van der Waals surface area (Å²) >= 11 is 0. The Bertz CT molecular complexity index is 625. The summed E-state index contributed by atoms with van der Waals surface area (Å²) in [4.78, 5) is 44.4. The molecule has 0 fully saturated rings. The first-order valence-electron chi connectivity index (χ1n) is 4.74. The fraction of sp³-hybridized carbons (Fsp3) is 0.111. The molecule has 0 atom stereocenters. The Balaban J connectivity index is 2.10. The molecule has 2 heterocycles. The number of H-pyrrole nitrogens is 3. The topological polar surface area (TPSA) is 123 Å². The molecular weight excluding hydrogens is 226 g/mol. The van der Waals surface area contributed by atoms with Gasteiger partial charge in [0, 0.05) is 12.4 Å². The van der Waals surface area contributed by atoms with E-state index >= 15 is 0 Å². The highest BCUT2D eigenvalue weighted by Gasteiger charge is 2.10. The second kappa shape index (κ2) is 4.47. The lowest BCUT2D eigenvalue weighted by Crippen LogP contribution is -2.33. The number of imidazole rings is 1. The summed E-state index contributed by atoms with van der Waals surface area (Å²) in [6.45, 7) is 0.220. The van der Waals surface area contributed by atoms with Gasteiger partial charge in [0.15, 0.2) is 0 Å². The zero-order valence-electron chi connectivity index (χ0n) is 8.61. The van der Waals surface area contributed by atoms with Crippen LogP contribution in [0.4, 0.5) is 0 Å². The highest BCUT2D eigenvalue weighted by molar-refractivity contribution is 5.93. The summed E-state index contributed by atoms with van der Waals surface area (Å²) < 4.78 is 0. The molecule has 8 heteroatoms. The maximum atomic E-state index is 11.6. The van der Waals surface area contributed by atoms with Gasteiger partial charge in [0.05, 0.1) is 18.6 Å². The normalized spacial score (nSPS) is 10.1. The van der Waals surface area contributed by atoms with Crippen molar-refractivity contribution in [2.45, 2.75) is 6.54 Å². The van der Waals surface area contributed by atoms with Crippen LogP contribution in [0.5, 0.6) is 0 Å². The maximum Gasteiger partial charge on any atom is 0.325 e.